The van der Waals surface area contributed by atoms with Crippen LogP contribution in [0.4, 0.5) is 0 Å². The van der Waals surface area contributed by atoms with Crippen LogP contribution in [0.25, 0.3) is 11.1 Å². The smallest absolute Gasteiger partial charge is 0.177 e. The van der Waals surface area contributed by atoms with Crippen LogP contribution in [0.5, 0.6) is 5.75 Å². The number of hydrazine groups is 2. The lowest BCUT2D eigenvalue weighted by atomic mass is 10.1. The van der Waals surface area contributed by atoms with Crippen molar-refractivity contribution in [2.75, 3.05) is 6.54 Å². The zero-order valence-corrected chi connectivity index (χ0v) is 9.76. The van der Waals surface area contributed by atoms with Crippen LogP contribution in [0.3, 0.4) is 0 Å². The van der Waals surface area contributed by atoms with Gasteiger partial charge in [0.1, 0.15) is 5.75 Å². The van der Waals surface area contributed by atoms with E-state index in [4.69, 9.17) is 4.74 Å². The van der Waals surface area contributed by atoms with Crippen molar-refractivity contribution in [1.29, 1.82) is 0 Å². The number of pyridine rings is 1. The zero-order valence-electron chi connectivity index (χ0n) is 9.76. The van der Waals surface area contributed by atoms with Crippen molar-refractivity contribution in [3.63, 3.8) is 0 Å². The Morgan fingerprint density at radius 2 is 2.00 bits per heavy atom. The summed E-state index contributed by atoms with van der Waals surface area (Å²) in [6.45, 7) is 0.722. The van der Waals surface area contributed by atoms with Crippen molar-refractivity contribution in [1.82, 2.24) is 21.4 Å². The van der Waals surface area contributed by atoms with E-state index in [0.29, 0.717) is 0 Å². The van der Waals surface area contributed by atoms with E-state index in [1.54, 1.807) is 12.4 Å². The van der Waals surface area contributed by atoms with Gasteiger partial charge >= 0.3 is 0 Å². The molecule has 0 saturated carbocycles. The third-order valence-corrected chi connectivity index (χ3v) is 2.74. The van der Waals surface area contributed by atoms with Crippen molar-refractivity contribution < 1.29 is 4.74 Å². The molecule has 2 heterocycles. The first-order valence-electron chi connectivity index (χ1n) is 5.82. The first kappa shape index (κ1) is 11.2. The molecule has 1 aromatic heterocycles. The number of hydrogen-bond donors (Lipinski definition) is 3. The minimum atomic E-state index is -0.0577. The van der Waals surface area contributed by atoms with Gasteiger partial charge in [0.2, 0.25) is 0 Å². The maximum atomic E-state index is 5.79. The van der Waals surface area contributed by atoms with Crippen molar-refractivity contribution in [2.24, 2.45) is 0 Å². The van der Waals surface area contributed by atoms with Crippen molar-refractivity contribution >= 4 is 0 Å². The summed E-state index contributed by atoms with van der Waals surface area (Å²) in [6.07, 6.45) is 3.52. The molecule has 1 fully saturated rings. The average Bonchev–Trinajstić information content (AvgIpc) is 2.93. The van der Waals surface area contributed by atoms with Gasteiger partial charge in [0, 0.05) is 12.4 Å². The fraction of sp³-hybridized carbons (Fsp3) is 0.154. The fourth-order valence-electron chi connectivity index (χ4n) is 1.86. The summed E-state index contributed by atoms with van der Waals surface area (Å²) in [7, 11) is 0. The highest BCUT2D eigenvalue weighted by Crippen LogP contribution is 2.23. The van der Waals surface area contributed by atoms with Gasteiger partial charge in [-0.25, -0.2) is 10.9 Å². The van der Waals surface area contributed by atoms with Crippen LogP contribution in [0.1, 0.15) is 0 Å². The Hall–Kier alpha value is -1.95. The van der Waals surface area contributed by atoms with Crippen LogP contribution in [0, 0.1) is 0 Å². The Bertz CT molecular complexity index is 511. The Labute approximate surface area is 105 Å². The van der Waals surface area contributed by atoms with Crippen molar-refractivity contribution in [3.8, 4) is 16.9 Å². The van der Waals surface area contributed by atoms with Gasteiger partial charge in [-0.2, -0.15) is 5.53 Å². The summed E-state index contributed by atoms with van der Waals surface area (Å²) in [5.74, 6) is 0.840. The maximum Gasteiger partial charge on any atom is 0.177 e. The highest BCUT2D eigenvalue weighted by atomic mass is 16.5. The monoisotopic (exact) mass is 242 g/mol. The molecule has 92 valence electrons. The van der Waals surface area contributed by atoms with Crippen LogP contribution in [0.2, 0.25) is 0 Å². The van der Waals surface area contributed by atoms with Gasteiger partial charge in [0.15, 0.2) is 6.23 Å². The topological polar surface area (TPSA) is 58.2 Å². The molecule has 3 N–H and O–H groups in total. The molecule has 0 bridgehead atoms. The van der Waals surface area contributed by atoms with Crippen LogP contribution in [-0.4, -0.2) is 17.8 Å². The second kappa shape index (κ2) is 5.14. The minimum Gasteiger partial charge on any atom is -0.473 e. The lowest BCUT2D eigenvalue weighted by Gasteiger charge is -2.13. The molecule has 0 aliphatic carbocycles. The van der Waals surface area contributed by atoms with Crippen LogP contribution < -0.4 is 21.1 Å². The lowest BCUT2D eigenvalue weighted by molar-refractivity contribution is 0.191. The predicted molar refractivity (Wildman–Crippen MR) is 68.4 cm³/mol. The summed E-state index contributed by atoms with van der Waals surface area (Å²) < 4.78 is 5.79. The standard InChI is InChI=1S/C13H14N4O/c1-2-11(10-4-6-14-7-5-10)8-12(3-1)18-13-9-15-17-16-13/h1-8,13,15-17H,9H2. The van der Waals surface area contributed by atoms with Crippen molar-refractivity contribution in [3.05, 3.63) is 48.8 Å². The van der Waals surface area contributed by atoms with Crippen LogP contribution in [-0.2, 0) is 0 Å². The van der Waals surface area contributed by atoms with Crippen molar-refractivity contribution in [2.45, 2.75) is 6.23 Å². The molecule has 0 radical (unpaired) electrons. The molecule has 3 rings (SSSR count). The van der Waals surface area contributed by atoms with Gasteiger partial charge in [-0.15, -0.1) is 0 Å². The van der Waals surface area contributed by atoms with Crippen LogP contribution in [0.15, 0.2) is 48.8 Å². The molecule has 18 heavy (non-hydrogen) atoms. The third-order valence-electron chi connectivity index (χ3n) is 2.74. The van der Waals surface area contributed by atoms with Gasteiger partial charge in [0.25, 0.3) is 0 Å². The first-order chi connectivity index (χ1) is 8.92. The van der Waals surface area contributed by atoms with E-state index in [-0.39, 0.29) is 6.23 Å². The minimum absolute atomic E-state index is 0.0577. The van der Waals surface area contributed by atoms with Gasteiger partial charge < -0.3 is 4.74 Å². The molecule has 1 aliphatic heterocycles. The fourth-order valence-corrected chi connectivity index (χ4v) is 1.86. The quantitative estimate of drug-likeness (QED) is 0.751. The van der Waals surface area contributed by atoms with E-state index < -0.39 is 0 Å². The maximum absolute atomic E-state index is 5.79. The molecule has 0 spiro atoms. The molecule has 0 amide bonds. The lowest BCUT2D eigenvalue weighted by Crippen LogP contribution is -2.36. The number of nitrogens with one attached hydrogen (secondary N) is 3. The molecule has 5 heteroatoms. The molecule has 1 atom stereocenters. The molecule has 1 saturated heterocycles. The Kier molecular flexibility index (Phi) is 3.18. The number of nitrogens with zero attached hydrogens (tertiary/aromatic N) is 1. The van der Waals surface area contributed by atoms with E-state index >= 15 is 0 Å². The van der Waals surface area contributed by atoms with E-state index in [0.717, 1.165) is 23.4 Å². The number of ether oxygens (including phenoxy) is 1. The second-order valence-corrected chi connectivity index (χ2v) is 4.02. The molecular weight excluding hydrogens is 228 g/mol. The summed E-state index contributed by atoms with van der Waals surface area (Å²) in [6, 6.07) is 12.0. The highest BCUT2D eigenvalue weighted by Gasteiger charge is 2.14. The van der Waals surface area contributed by atoms with E-state index in [1.165, 1.54) is 0 Å². The summed E-state index contributed by atoms with van der Waals surface area (Å²) >= 11 is 0. The van der Waals surface area contributed by atoms with Gasteiger partial charge in [-0.1, -0.05) is 12.1 Å². The van der Waals surface area contributed by atoms with Gasteiger partial charge in [-0.05, 0) is 35.4 Å². The first-order valence-corrected chi connectivity index (χ1v) is 5.82. The SMILES string of the molecule is c1cc(OC2CNNN2)cc(-c2ccncc2)c1. The van der Waals surface area contributed by atoms with E-state index in [1.807, 2.05) is 30.3 Å². The van der Waals surface area contributed by atoms with Crippen LogP contribution >= 0.6 is 0 Å². The summed E-state index contributed by atoms with van der Waals surface area (Å²) in [5, 5.41) is 0. The molecule has 2 aromatic rings. The number of benzene rings is 1. The second-order valence-electron chi connectivity index (χ2n) is 4.02. The Morgan fingerprint density at radius 3 is 2.78 bits per heavy atom. The molecule has 5 nitrogen and oxygen atoms in total. The number of aromatic nitrogens is 1. The molecule has 1 aliphatic rings. The Morgan fingerprint density at radius 1 is 1.11 bits per heavy atom. The zero-order chi connectivity index (χ0) is 12.2. The third kappa shape index (κ3) is 2.48. The number of hydrogen-bond acceptors (Lipinski definition) is 5. The molecule has 1 unspecified atom stereocenters. The number of rotatable bonds is 3. The molecular formula is C13H14N4O. The van der Waals surface area contributed by atoms with Gasteiger partial charge in [-0.3, -0.25) is 4.98 Å². The highest BCUT2D eigenvalue weighted by molar-refractivity contribution is 5.64. The van der Waals surface area contributed by atoms with Gasteiger partial charge in [0.05, 0.1) is 6.54 Å². The predicted octanol–water partition coefficient (Wildman–Crippen LogP) is 1.07. The normalized spacial score (nSPS) is 18.8. The average molecular weight is 242 g/mol. The van der Waals surface area contributed by atoms with E-state index in [9.17, 15) is 0 Å². The summed E-state index contributed by atoms with van der Waals surface area (Å²) in [5.41, 5.74) is 11.0. The Balaban J connectivity index is 1.80. The molecule has 1 aromatic carbocycles. The van der Waals surface area contributed by atoms with E-state index in [2.05, 4.69) is 27.4 Å². The summed E-state index contributed by atoms with van der Waals surface area (Å²) in [4.78, 5) is 4.02. The largest absolute Gasteiger partial charge is 0.473 e.